The summed E-state index contributed by atoms with van der Waals surface area (Å²) in [5, 5.41) is 12.5. The van der Waals surface area contributed by atoms with E-state index in [4.69, 9.17) is 5.11 Å². The molecule has 2 heteroatoms. The van der Waals surface area contributed by atoms with E-state index in [2.05, 4.69) is 19.2 Å². The van der Waals surface area contributed by atoms with Crippen LogP contribution in [0.15, 0.2) is 0 Å². The summed E-state index contributed by atoms with van der Waals surface area (Å²) in [6.07, 6.45) is 5.39. The summed E-state index contributed by atoms with van der Waals surface area (Å²) < 4.78 is 0. The number of hydrogen-bond donors (Lipinski definition) is 2. The second kappa shape index (κ2) is 4.24. The highest BCUT2D eigenvalue weighted by atomic mass is 16.3. The van der Waals surface area contributed by atoms with E-state index in [1.54, 1.807) is 0 Å². The van der Waals surface area contributed by atoms with Crippen LogP contribution in [-0.4, -0.2) is 24.3 Å². The minimum atomic E-state index is 0.0442. The Morgan fingerprint density at radius 1 is 1.33 bits per heavy atom. The summed E-state index contributed by atoms with van der Waals surface area (Å²) in [6.45, 7) is 5.39. The minimum Gasteiger partial charge on any atom is -0.396 e. The summed E-state index contributed by atoms with van der Waals surface area (Å²) in [5.41, 5.74) is 0.0442. The molecule has 1 aliphatic carbocycles. The Hall–Kier alpha value is -0.0800. The number of aliphatic hydroxyl groups excluding tert-OH is 1. The second-order valence-electron chi connectivity index (χ2n) is 4.68. The Balaban J connectivity index is 2.15. The van der Waals surface area contributed by atoms with Gasteiger partial charge in [0.05, 0.1) is 0 Å². The van der Waals surface area contributed by atoms with Crippen LogP contribution >= 0.6 is 0 Å². The Morgan fingerprint density at radius 2 is 1.92 bits per heavy atom. The van der Waals surface area contributed by atoms with E-state index < -0.39 is 0 Å². The van der Waals surface area contributed by atoms with Gasteiger partial charge in [-0.15, -0.1) is 0 Å². The smallest absolute Gasteiger partial charge is 0.0494 e. The maximum absolute atomic E-state index is 9.03. The summed E-state index contributed by atoms with van der Waals surface area (Å²) in [4.78, 5) is 0. The molecule has 1 rings (SSSR count). The molecule has 0 amide bonds. The normalized spacial score (nSPS) is 20.2. The van der Waals surface area contributed by atoms with E-state index in [-0.39, 0.29) is 12.0 Å². The molecule has 0 bridgehead atoms. The average molecular weight is 171 g/mol. The lowest BCUT2D eigenvalue weighted by molar-refractivity contribution is 0.153. The topological polar surface area (TPSA) is 32.3 Å². The average Bonchev–Trinajstić information content (AvgIpc) is 2.53. The number of rotatable bonds is 4. The van der Waals surface area contributed by atoms with Crippen molar-refractivity contribution in [1.29, 1.82) is 0 Å². The van der Waals surface area contributed by atoms with Crippen LogP contribution in [-0.2, 0) is 0 Å². The number of nitrogens with one attached hydrogen (secondary N) is 1. The molecular weight excluding hydrogens is 150 g/mol. The van der Waals surface area contributed by atoms with Gasteiger partial charge >= 0.3 is 0 Å². The molecule has 1 aliphatic rings. The maximum Gasteiger partial charge on any atom is 0.0494 e. The Kier molecular flexibility index (Phi) is 3.53. The SMILES string of the molecule is CC(C)(CO)CNC1CCCC1. The molecule has 0 spiro atoms. The Bertz CT molecular complexity index is 128. The van der Waals surface area contributed by atoms with E-state index in [0.29, 0.717) is 0 Å². The largest absolute Gasteiger partial charge is 0.396 e. The zero-order valence-electron chi connectivity index (χ0n) is 8.27. The van der Waals surface area contributed by atoms with E-state index >= 15 is 0 Å². The predicted octanol–water partition coefficient (Wildman–Crippen LogP) is 1.54. The quantitative estimate of drug-likeness (QED) is 0.672. The molecule has 2 N–H and O–H groups in total. The monoisotopic (exact) mass is 171 g/mol. The van der Waals surface area contributed by atoms with Gasteiger partial charge in [0, 0.05) is 24.6 Å². The minimum absolute atomic E-state index is 0.0442. The maximum atomic E-state index is 9.03. The van der Waals surface area contributed by atoms with Gasteiger partial charge in [0.25, 0.3) is 0 Å². The van der Waals surface area contributed by atoms with Gasteiger partial charge in [0.2, 0.25) is 0 Å². The van der Waals surface area contributed by atoms with Gasteiger partial charge in [-0.25, -0.2) is 0 Å². The molecule has 0 aromatic carbocycles. The van der Waals surface area contributed by atoms with Gasteiger partial charge in [0.15, 0.2) is 0 Å². The fraction of sp³-hybridized carbons (Fsp3) is 1.00. The van der Waals surface area contributed by atoms with Crippen molar-refractivity contribution < 1.29 is 5.11 Å². The number of aliphatic hydroxyl groups is 1. The van der Waals surface area contributed by atoms with Crippen molar-refractivity contribution in [3.05, 3.63) is 0 Å². The van der Waals surface area contributed by atoms with Crippen LogP contribution in [0.3, 0.4) is 0 Å². The zero-order chi connectivity index (χ0) is 9.03. The highest BCUT2D eigenvalue weighted by Crippen LogP contribution is 2.19. The molecule has 0 aromatic rings. The van der Waals surface area contributed by atoms with E-state index in [1.165, 1.54) is 25.7 Å². The third kappa shape index (κ3) is 3.11. The molecule has 1 fully saturated rings. The number of hydrogen-bond acceptors (Lipinski definition) is 2. The van der Waals surface area contributed by atoms with Crippen LogP contribution in [0, 0.1) is 5.41 Å². The van der Waals surface area contributed by atoms with E-state index in [1.807, 2.05) is 0 Å². The highest BCUT2D eigenvalue weighted by Gasteiger charge is 2.20. The molecule has 0 atom stereocenters. The lowest BCUT2D eigenvalue weighted by Gasteiger charge is -2.24. The van der Waals surface area contributed by atoms with Gasteiger partial charge in [-0.1, -0.05) is 26.7 Å². The molecular formula is C10H21NO. The predicted molar refractivity (Wildman–Crippen MR) is 51.1 cm³/mol. The summed E-state index contributed by atoms with van der Waals surface area (Å²) >= 11 is 0. The summed E-state index contributed by atoms with van der Waals surface area (Å²) in [5.74, 6) is 0. The molecule has 0 aromatic heterocycles. The fourth-order valence-electron chi connectivity index (χ4n) is 1.61. The standard InChI is InChI=1S/C10H21NO/c1-10(2,8-12)7-11-9-5-3-4-6-9/h9,11-12H,3-8H2,1-2H3. The molecule has 0 unspecified atom stereocenters. The Labute approximate surface area is 75.4 Å². The van der Waals surface area contributed by atoms with Crippen molar-refractivity contribution >= 4 is 0 Å². The third-order valence-electron chi connectivity index (χ3n) is 2.65. The van der Waals surface area contributed by atoms with Gasteiger partial charge in [0.1, 0.15) is 0 Å². The first-order valence-corrected chi connectivity index (χ1v) is 4.98. The molecule has 0 heterocycles. The van der Waals surface area contributed by atoms with Gasteiger partial charge < -0.3 is 10.4 Å². The summed E-state index contributed by atoms with van der Waals surface area (Å²) in [6, 6.07) is 0.718. The van der Waals surface area contributed by atoms with Crippen LogP contribution < -0.4 is 5.32 Å². The molecule has 12 heavy (non-hydrogen) atoms. The highest BCUT2D eigenvalue weighted by molar-refractivity contribution is 4.78. The lowest BCUT2D eigenvalue weighted by Crippen LogP contribution is -2.37. The van der Waals surface area contributed by atoms with Crippen molar-refractivity contribution in [2.75, 3.05) is 13.2 Å². The van der Waals surface area contributed by atoms with Crippen molar-refractivity contribution in [1.82, 2.24) is 5.32 Å². The Morgan fingerprint density at radius 3 is 2.42 bits per heavy atom. The van der Waals surface area contributed by atoms with Crippen molar-refractivity contribution in [2.45, 2.75) is 45.6 Å². The zero-order valence-corrected chi connectivity index (χ0v) is 8.27. The van der Waals surface area contributed by atoms with Crippen molar-refractivity contribution in [3.63, 3.8) is 0 Å². The van der Waals surface area contributed by atoms with Gasteiger partial charge in [-0.05, 0) is 12.8 Å². The second-order valence-corrected chi connectivity index (χ2v) is 4.68. The van der Waals surface area contributed by atoms with Crippen LogP contribution in [0.5, 0.6) is 0 Å². The van der Waals surface area contributed by atoms with Crippen LogP contribution in [0.4, 0.5) is 0 Å². The van der Waals surface area contributed by atoms with E-state index in [0.717, 1.165) is 12.6 Å². The summed E-state index contributed by atoms with van der Waals surface area (Å²) in [7, 11) is 0. The molecule has 72 valence electrons. The van der Waals surface area contributed by atoms with Crippen LogP contribution in [0.1, 0.15) is 39.5 Å². The van der Waals surface area contributed by atoms with E-state index in [9.17, 15) is 0 Å². The first-order chi connectivity index (χ1) is 5.64. The first kappa shape index (κ1) is 10.0. The lowest BCUT2D eigenvalue weighted by atomic mass is 9.94. The molecule has 0 radical (unpaired) electrons. The van der Waals surface area contributed by atoms with Gasteiger partial charge in [-0.3, -0.25) is 0 Å². The molecule has 1 saturated carbocycles. The van der Waals surface area contributed by atoms with Crippen molar-refractivity contribution in [2.24, 2.45) is 5.41 Å². The molecule has 0 aliphatic heterocycles. The van der Waals surface area contributed by atoms with Crippen molar-refractivity contribution in [3.8, 4) is 0 Å². The van der Waals surface area contributed by atoms with Gasteiger partial charge in [-0.2, -0.15) is 0 Å². The molecule has 0 saturated heterocycles. The van der Waals surface area contributed by atoms with Crippen LogP contribution in [0.25, 0.3) is 0 Å². The molecule has 2 nitrogen and oxygen atoms in total. The van der Waals surface area contributed by atoms with Crippen LogP contribution in [0.2, 0.25) is 0 Å². The fourth-order valence-corrected chi connectivity index (χ4v) is 1.61. The third-order valence-corrected chi connectivity index (χ3v) is 2.65. The first-order valence-electron chi connectivity index (χ1n) is 4.98.